The van der Waals surface area contributed by atoms with E-state index in [1.165, 1.54) is 0 Å². The van der Waals surface area contributed by atoms with Crippen molar-refractivity contribution in [1.29, 1.82) is 0 Å². The van der Waals surface area contributed by atoms with Crippen molar-refractivity contribution < 1.29 is 9.59 Å². The van der Waals surface area contributed by atoms with Crippen LogP contribution in [0.4, 0.5) is 0 Å². The summed E-state index contributed by atoms with van der Waals surface area (Å²) < 4.78 is 0. The largest absolute Gasteiger partial charge is 0.303 e. The predicted octanol–water partition coefficient (Wildman–Crippen LogP) is 1.97. The van der Waals surface area contributed by atoms with Gasteiger partial charge in [0.2, 0.25) is 0 Å². The minimum absolute atomic E-state index is 0.135. The molecule has 0 radical (unpaired) electrons. The van der Waals surface area contributed by atoms with Crippen molar-refractivity contribution in [3.05, 3.63) is 0 Å². The molecule has 1 aliphatic carbocycles. The molecule has 0 amide bonds. The number of hydrogen-bond donors (Lipinski definition) is 0. The normalized spacial score (nSPS) is 36.5. The first-order valence-electron chi connectivity index (χ1n) is 4.59. The van der Waals surface area contributed by atoms with Crippen molar-refractivity contribution in [2.24, 2.45) is 11.3 Å². The molecule has 0 N–H and O–H groups in total. The fraction of sp³-hybridized carbons (Fsp3) is 0.800. The molecule has 2 atom stereocenters. The molecule has 2 unspecified atom stereocenters. The summed E-state index contributed by atoms with van der Waals surface area (Å²) in [6.45, 7) is 4.29. The maximum Gasteiger partial charge on any atom is 0.143 e. The first-order chi connectivity index (χ1) is 5.61. The Kier molecular flexibility index (Phi) is 2.65. The van der Waals surface area contributed by atoms with Crippen LogP contribution in [0.15, 0.2) is 0 Å². The third kappa shape index (κ3) is 1.74. The molecule has 1 saturated carbocycles. The maximum absolute atomic E-state index is 11.2. The predicted molar refractivity (Wildman–Crippen MR) is 46.8 cm³/mol. The van der Waals surface area contributed by atoms with Gasteiger partial charge in [0, 0.05) is 6.42 Å². The van der Waals surface area contributed by atoms with E-state index >= 15 is 0 Å². The fourth-order valence-electron chi connectivity index (χ4n) is 1.80. The van der Waals surface area contributed by atoms with E-state index in [0.29, 0.717) is 6.42 Å². The Morgan fingerprint density at radius 3 is 2.83 bits per heavy atom. The lowest BCUT2D eigenvalue weighted by Gasteiger charge is -2.34. The van der Waals surface area contributed by atoms with Crippen molar-refractivity contribution in [2.75, 3.05) is 0 Å². The SMILES string of the molecule is CCC1(C)CCC(=O)C(C=O)C1. The van der Waals surface area contributed by atoms with E-state index < -0.39 is 0 Å². The van der Waals surface area contributed by atoms with Crippen LogP contribution < -0.4 is 0 Å². The zero-order valence-corrected chi connectivity index (χ0v) is 7.80. The average molecular weight is 168 g/mol. The summed E-state index contributed by atoms with van der Waals surface area (Å²) in [6, 6.07) is 0. The summed E-state index contributed by atoms with van der Waals surface area (Å²) in [7, 11) is 0. The lowest BCUT2D eigenvalue weighted by Crippen LogP contribution is -2.32. The molecule has 0 heterocycles. The molecule has 2 nitrogen and oxygen atoms in total. The summed E-state index contributed by atoms with van der Waals surface area (Å²) in [5, 5.41) is 0. The molecule has 0 spiro atoms. The van der Waals surface area contributed by atoms with Crippen LogP contribution in [-0.4, -0.2) is 12.1 Å². The smallest absolute Gasteiger partial charge is 0.143 e. The highest BCUT2D eigenvalue weighted by Crippen LogP contribution is 2.39. The summed E-state index contributed by atoms with van der Waals surface area (Å²) in [5.41, 5.74) is 0.222. The summed E-state index contributed by atoms with van der Waals surface area (Å²) >= 11 is 0. The van der Waals surface area contributed by atoms with E-state index in [2.05, 4.69) is 13.8 Å². The molecule has 1 aliphatic rings. The minimum atomic E-state index is -0.316. The van der Waals surface area contributed by atoms with E-state index in [4.69, 9.17) is 0 Å². The molecule has 0 aromatic carbocycles. The number of carbonyl (C=O) groups excluding carboxylic acids is 2. The van der Waals surface area contributed by atoms with Gasteiger partial charge in [-0.3, -0.25) is 4.79 Å². The van der Waals surface area contributed by atoms with E-state index in [9.17, 15) is 9.59 Å². The zero-order chi connectivity index (χ0) is 9.19. The van der Waals surface area contributed by atoms with Gasteiger partial charge in [-0.15, -0.1) is 0 Å². The molecular formula is C10H16O2. The Labute approximate surface area is 73.3 Å². The summed E-state index contributed by atoms with van der Waals surface area (Å²) in [4.78, 5) is 21.8. The number of ketones is 1. The third-order valence-corrected chi connectivity index (χ3v) is 3.12. The average Bonchev–Trinajstić information content (AvgIpc) is 2.10. The Balaban J connectivity index is 2.67. The van der Waals surface area contributed by atoms with Crippen LogP contribution in [0.3, 0.4) is 0 Å². The Bertz CT molecular complexity index is 198. The Hall–Kier alpha value is -0.660. The van der Waals surface area contributed by atoms with Gasteiger partial charge in [-0.1, -0.05) is 20.3 Å². The number of carbonyl (C=O) groups is 2. The standard InChI is InChI=1S/C10H16O2/c1-3-10(2)5-4-9(12)8(6-10)7-11/h7-8H,3-6H2,1-2H3. The Morgan fingerprint density at radius 1 is 1.67 bits per heavy atom. The highest BCUT2D eigenvalue weighted by molar-refractivity contribution is 5.93. The molecule has 0 aromatic heterocycles. The molecular weight excluding hydrogens is 152 g/mol. The van der Waals surface area contributed by atoms with Crippen LogP contribution in [0.1, 0.15) is 39.5 Å². The van der Waals surface area contributed by atoms with Crippen molar-refractivity contribution >= 4 is 12.1 Å². The van der Waals surface area contributed by atoms with Gasteiger partial charge in [0.25, 0.3) is 0 Å². The summed E-state index contributed by atoms with van der Waals surface area (Å²) in [6.07, 6.45) is 4.17. The minimum Gasteiger partial charge on any atom is -0.303 e. The van der Waals surface area contributed by atoms with Crippen LogP contribution in [0.5, 0.6) is 0 Å². The zero-order valence-electron chi connectivity index (χ0n) is 7.80. The van der Waals surface area contributed by atoms with E-state index in [1.807, 2.05) is 0 Å². The van der Waals surface area contributed by atoms with Gasteiger partial charge in [-0.2, -0.15) is 0 Å². The van der Waals surface area contributed by atoms with Gasteiger partial charge in [-0.05, 0) is 18.3 Å². The Morgan fingerprint density at radius 2 is 2.33 bits per heavy atom. The number of hydrogen-bond acceptors (Lipinski definition) is 2. The highest BCUT2D eigenvalue weighted by Gasteiger charge is 2.35. The number of Topliss-reactive ketones (excluding diaryl/α,β-unsaturated/α-hetero) is 1. The van der Waals surface area contributed by atoms with Crippen LogP contribution in [0.2, 0.25) is 0 Å². The van der Waals surface area contributed by atoms with Crippen LogP contribution in [0, 0.1) is 11.3 Å². The molecule has 0 aliphatic heterocycles. The van der Waals surface area contributed by atoms with Gasteiger partial charge in [0.15, 0.2) is 0 Å². The van der Waals surface area contributed by atoms with Crippen LogP contribution >= 0.6 is 0 Å². The first-order valence-corrected chi connectivity index (χ1v) is 4.59. The van der Waals surface area contributed by atoms with Gasteiger partial charge in [0.05, 0.1) is 5.92 Å². The first kappa shape index (κ1) is 9.43. The maximum atomic E-state index is 11.2. The molecule has 12 heavy (non-hydrogen) atoms. The topological polar surface area (TPSA) is 34.1 Å². The molecule has 1 fully saturated rings. The van der Waals surface area contributed by atoms with Crippen molar-refractivity contribution in [3.8, 4) is 0 Å². The van der Waals surface area contributed by atoms with Gasteiger partial charge < -0.3 is 4.79 Å². The van der Waals surface area contributed by atoms with Gasteiger partial charge in [-0.25, -0.2) is 0 Å². The van der Waals surface area contributed by atoms with E-state index in [1.54, 1.807) is 0 Å². The second-order valence-electron chi connectivity index (χ2n) is 4.08. The molecule has 68 valence electrons. The highest BCUT2D eigenvalue weighted by atomic mass is 16.1. The summed E-state index contributed by atoms with van der Waals surface area (Å²) in [5.74, 6) is -0.181. The van der Waals surface area contributed by atoms with Gasteiger partial charge >= 0.3 is 0 Å². The lowest BCUT2D eigenvalue weighted by molar-refractivity contribution is -0.131. The third-order valence-electron chi connectivity index (χ3n) is 3.12. The van der Waals surface area contributed by atoms with E-state index in [0.717, 1.165) is 25.5 Å². The van der Waals surface area contributed by atoms with Crippen molar-refractivity contribution in [2.45, 2.75) is 39.5 Å². The van der Waals surface area contributed by atoms with Crippen LogP contribution in [0.25, 0.3) is 0 Å². The van der Waals surface area contributed by atoms with Gasteiger partial charge in [0.1, 0.15) is 12.1 Å². The van der Waals surface area contributed by atoms with E-state index in [-0.39, 0.29) is 17.1 Å². The van der Waals surface area contributed by atoms with Crippen molar-refractivity contribution in [3.63, 3.8) is 0 Å². The molecule has 0 aromatic rings. The molecule has 1 rings (SSSR count). The van der Waals surface area contributed by atoms with Crippen LogP contribution in [-0.2, 0) is 9.59 Å². The molecule has 2 heteroatoms. The fourth-order valence-corrected chi connectivity index (χ4v) is 1.80. The monoisotopic (exact) mass is 168 g/mol. The lowest BCUT2D eigenvalue weighted by atomic mass is 9.69. The second kappa shape index (κ2) is 3.38. The number of rotatable bonds is 2. The molecule has 0 saturated heterocycles. The molecule has 0 bridgehead atoms. The van der Waals surface area contributed by atoms with Crippen molar-refractivity contribution in [1.82, 2.24) is 0 Å². The number of aldehydes is 1. The quantitative estimate of drug-likeness (QED) is 0.466. The second-order valence-corrected chi connectivity index (χ2v) is 4.08.